The van der Waals surface area contributed by atoms with E-state index in [1.807, 2.05) is 0 Å². The Bertz CT molecular complexity index is 509. The summed E-state index contributed by atoms with van der Waals surface area (Å²) < 4.78 is 27.7. The molecule has 0 saturated heterocycles. The van der Waals surface area contributed by atoms with E-state index in [0.29, 0.717) is 0 Å². The summed E-state index contributed by atoms with van der Waals surface area (Å²) in [5.41, 5.74) is 0. The number of rotatable bonds is 10. The number of unbranched alkanes of at least 4 members (excludes halogenated alkanes) is 4. The van der Waals surface area contributed by atoms with Crippen molar-refractivity contribution in [2.24, 2.45) is 35.5 Å². The molecule has 0 aromatic rings. The fraction of sp³-hybridized carbons (Fsp3) is 0.931. The second-order valence-corrected chi connectivity index (χ2v) is 11.8. The average molecular weight is 437 g/mol. The van der Waals surface area contributed by atoms with Gasteiger partial charge in [0.1, 0.15) is 0 Å². The van der Waals surface area contributed by atoms with Crippen molar-refractivity contribution in [3.8, 4) is 0 Å². The Labute approximate surface area is 192 Å². The van der Waals surface area contributed by atoms with Crippen LogP contribution in [0.2, 0.25) is 0 Å². The van der Waals surface area contributed by atoms with Crippen LogP contribution in [0.1, 0.15) is 129 Å². The first-order chi connectivity index (χ1) is 14.9. The van der Waals surface area contributed by atoms with Gasteiger partial charge in [0.15, 0.2) is 0 Å². The number of halogens is 2. The zero-order valence-corrected chi connectivity index (χ0v) is 20.6. The molecular weight excluding hydrogens is 386 g/mol. The van der Waals surface area contributed by atoms with Crippen molar-refractivity contribution < 1.29 is 8.78 Å². The van der Waals surface area contributed by atoms with E-state index in [1.54, 1.807) is 6.92 Å². The van der Waals surface area contributed by atoms with Gasteiger partial charge in [-0.05, 0) is 81.0 Å². The smallest absolute Gasteiger partial charge is 0.207 e. The number of hydrogen-bond acceptors (Lipinski definition) is 0. The Morgan fingerprint density at radius 1 is 0.613 bits per heavy atom. The van der Waals surface area contributed by atoms with Crippen LogP contribution in [-0.2, 0) is 0 Å². The van der Waals surface area contributed by atoms with Crippen LogP contribution < -0.4 is 0 Å². The normalized spacial score (nSPS) is 36.6. The lowest BCUT2D eigenvalue weighted by molar-refractivity contribution is -0.0964. The third-order valence-corrected chi connectivity index (χ3v) is 9.12. The molecule has 3 saturated carbocycles. The zero-order valence-electron chi connectivity index (χ0n) is 20.6. The lowest BCUT2D eigenvalue weighted by Gasteiger charge is -2.34. The molecule has 0 N–H and O–H groups in total. The molecule has 0 nitrogen and oxygen atoms in total. The molecule has 0 amide bonds. The lowest BCUT2D eigenvalue weighted by atomic mass is 9.77. The molecule has 0 spiro atoms. The number of hydrogen-bond donors (Lipinski definition) is 0. The topological polar surface area (TPSA) is 0 Å². The summed E-state index contributed by atoms with van der Waals surface area (Å²) in [6.45, 7) is 4.12. The Morgan fingerprint density at radius 3 is 1.68 bits per heavy atom. The molecule has 3 rings (SSSR count). The zero-order chi connectivity index (χ0) is 22.1. The molecule has 31 heavy (non-hydrogen) atoms. The second-order valence-electron chi connectivity index (χ2n) is 11.8. The summed E-state index contributed by atoms with van der Waals surface area (Å²) in [6, 6.07) is 0. The van der Waals surface area contributed by atoms with E-state index in [9.17, 15) is 8.78 Å². The van der Waals surface area contributed by atoms with Crippen LogP contribution in [0, 0.1) is 35.5 Å². The van der Waals surface area contributed by atoms with E-state index < -0.39 is 11.8 Å². The Balaban J connectivity index is 1.16. The predicted octanol–water partition coefficient (Wildman–Crippen LogP) is 9.98. The van der Waals surface area contributed by atoms with Crippen LogP contribution in [0.3, 0.4) is 0 Å². The molecule has 0 radical (unpaired) electrons. The average Bonchev–Trinajstić information content (AvgIpc) is 2.76. The van der Waals surface area contributed by atoms with Gasteiger partial charge in [0, 0.05) is 12.3 Å². The van der Waals surface area contributed by atoms with E-state index >= 15 is 0 Å². The highest BCUT2D eigenvalue weighted by Gasteiger charge is 2.41. The van der Waals surface area contributed by atoms with E-state index in [0.717, 1.165) is 49.4 Å². The molecule has 3 fully saturated rings. The van der Waals surface area contributed by atoms with Gasteiger partial charge in [-0.1, -0.05) is 83.8 Å². The van der Waals surface area contributed by atoms with E-state index in [4.69, 9.17) is 0 Å². The number of alkyl halides is 2. The second kappa shape index (κ2) is 12.7. The van der Waals surface area contributed by atoms with Crippen molar-refractivity contribution >= 4 is 0 Å². The molecule has 180 valence electrons. The maximum atomic E-state index is 13.9. The minimum atomic E-state index is -2.41. The summed E-state index contributed by atoms with van der Waals surface area (Å²) in [7, 11) is 0. The SMILES string of the molecule is CC1CCC(C=CC2CCC(CCCCCCCC3CCC(C)C(F)(F)C3)CC2)CC1. The van der Waals surface area contributed by atoms with Crippen molar-refractivity contribution in [3.63, 3.8) is 0 Å². The molecule has 0 aromatic carbocycles. The highest BCUT2D eigenvalue weighted by Crippen LogP contribution is 2.42. The molecule has 3 aliphatic rings. The maximum Gasteiger partial charge on any atom is 0.250 e. The van der Waals surface area contributed by atoms with Crippen LogP contribution in [0.5, 0.6) is 0 Å². The maximum absolute atomic E-state index is 13.9. The Morgan fingerprint density at radius 2 is 1.10 bits per heavy atom. The van der Waals surface area contributed by atoms with Crippen molar-refractivity contribution in [1.29, 1.82) is 0 Å². The van der Waals surface area contributed by atoms with Gasteiger partial charge in [0.05, 0.1) is 0 Å². The fourth-order valence-electron chi connectivity index (χ4n) is 6.49. The standard InChI is InChI=1S/C29H50F2/c1-23-10-13-26(14-11-23)20-21-27-18-16-25(17-19-27)8-6-4-3-5-7-9-28-15-12-24(2)29(30,31)22-28/h20-21,23-28H,3-19,22H2,1-2H3. The van der Waals surface area contributed by atoms with Crippen molar-refractivity contribution in [3.05, 3.63) is 12.2 Å². The molecule has 0 bridgehead atoms. The first-order valence-corrected chi connectivity index (χ1v) is 14.0. The van der Waals surface area contributed by atoms with Crippen LogP contribution >= 0.6 is 0 Å². The molecule has 0 aliphatic heterocycles. The third kappa shape index (κ3) is 8.81. The van der Waals surface area contributed by atoms with Crippen LogP contribution in [0.15, 0.2) is 12.2 Å². The molecular formula is C29H50F2. The van der Waals surface area contributed by atoms with Crippen molar-refractivity contribution in [1.82, 2.24) is 0 Å². The van der Waals surface area contributed by atoms with E-state index in [1.165, 1.54) is 83.5 Å². The highest BCUT2D eigenvalue weighted by atomic mass is 19.3. The Hall–Kier alpha value is -0.400. The number of allylic oxidation sites excluding steroid dienone is 2. The first kappa shape index (κ1) is 25.2. The van der Waals surface area contributed by atoms with Crippen molar-refractivity contribution in [2.45, 2.75) is 135 Å². The predicted molar refractivity (Wildman–Crippen MR) is 129 cm³/mol. The summed E-state index contributed by atoms with van der Waals surface area (Å²) in [4.78, 5) is 0. The highest BCUT2D eigenvalue weighted by molar-refractivity contribution is 4.96. The minimum Gasteiger partial charge on any atom is -0.207 e. The van der Waals surface area contributed by atoms with Crippen LogP contribution in [-0.4, -0.2) is 5.92 Å². The summed E-state index contributed by atoms with van der Waals surface area (Å²) in [5, 5.41) is 0. The van der Waals surface area contributed by atoms with Gasteiger partial charge in [-0.25, -0.2) is 8.78 Å². The van der Waals surface area contributed by atoms with Gasteiger partial charge in [0.2, 0.25) is 0 Å². The molecule has 3 aliphatic carbocycles. The summed E-state index contributed by atoms with van der Waals surface area (Å²) in [5.74, 6) is 1.10. The van der Waals surface area contributed by atoms with Gasteiger partial charge >= 0.3 is 0 Å². The molecule has 2 unspecified atom stereocenters. The van der Waals surface area contributed by atoms with E-state index in [-0.39, 0.29) is 12.3 Å². The van der Waals surface area contributed by atoms with Gasteiger partial charge in [-0.3, -0.25) is 0 Å². The van der Waals surface area contributed by atoms with Gasteiger partial charge in [-0.2, -0.15) is 0 Å². The fourth-order valence-corrected chi connectivity index (χ4v) is 6.49. The van der Waals surface area contributed by atoms with Crippen molar-refractivity contribution in [2.75, 3.05) is 0 Å². The largest absolute Gasteiger partial charge is 0.250 e. The van der Waals surface area contributed by atoms with Gasteiger partial charge in [-0.15, -0.1) is 0 Å². The Kier molecular flexibility index (Phi) is 10.4. The van der Waals surface area contributed by atoms with Crippen LogP contribution in [0.25, 0.3) is 0 Å². The monoisotopic (exact) mass is 436 g/mol. The molecule has 0 aromatic heterocycles. The minimum absolute atomic E-state index is 0.145. The van der Waals surface area contributed by atoms with Gasteiger partial charge < -0.3 is 0 Å². The molecule has 0 heterocycles. The molecule has 2 heteroatoms. The summed E-state index contributed by atoms with van der Waals surface area (Å²) in [6.07, 6.45) is 27.3. The van der Waals surface area contributed by atoms with E-state index in [2.05, 4.69) is 19.1 Å². The lowest BCUT2D eigenvalue weighted by Crippen LogP contribution is -2.33. The molecule has 2 atom stereocenters. The summed E-state index contributed by atoms with van der Waals surface area (Å²) >= 11 is 0. The van der Waals surface area contributed by atoms with Gasteiger partial charge in [0.25, 0.3) is 5.92 Å². The quantitative estimate of drug-likeness (QED) is 0.236. The first-order valence-electron chi connectivity index (χ1n) is 14.0. The third-order valence-electron chi connectivity index (χ3n) is 9.12. The van der Waals surface area contributed by atoms with Crippen LogP contribution in [0.4, 0.5) is 8.78 Å².